The summed E-state index contributed by atoms with van der Waals surface area (Å²) in [6.07, 6.45) is -0.609. The Balaban J connectivity index is 1.53. The van der Waals surface area contributed by atoms with Crippen molar-refractivity contribution in [3.05, 3.63) is 72.3 Å². The molecule has 0 saturated carbocycles. The molecule has 0 saturated heterocycles. The van der Waals surface area contributed by atoms with E-state index < -0.39 is 6.10 Å². The minimum Gasteiger partial charge on any atom is -0.481 e. The van der Waals surface area contributed by atoms with E-state index in [2.05, 4.69) is 5.32 Å². The second-order valence-corrected chi connectivity index (χ2v) is 6.32. The highest BCUT2D eigenvalue weighted by atomic mass is 16.5. The predicted octanol–water partition coefficient (Wildman–Crippen LogP) is 5.30. The van der Waals surface area contributed by atoms with Crippen LogP contribution in [0.3, 0.4) is 0 Å². The maximum absolute atomic E-state index is 12.5. The average molecular weight is 345 g/mol. The molecular formula is C22H19NO3. The summed E-state index contributed by atoms with van der Waals surface area (Å²) in [5.41, 5.74) is 3.26. The lowest BCUT2D eigenvalue weighted by Gasteiger charge is -2.16. The maximum atomic E-state index is 12.5. The van der Waals surface area contributed by atoms with Crippen LogP contribution in [0, 0.1) is 6.92 Å². The van der Waals surface area contributed by atoms with E-state index in [-0.39, 0.29) is 5.91 Å². The van der Waals surface area contributed by atoms with E-state index in [1.807, 2.05) is 73.7 Å². The third kappa shape index (κ3) is 3.02. The van der Waals surface area contributed by atoms with Gasteiger partial charge in [0.2, 0.25) is 0 Å². The molecule has 0 fully saturated rings. The molecule has 3 aromatic carbocycles. The quantitative estimate of drug-likeness (QED) is 0.546. The lowest BCUT2D eigenvalue weighted by atomic mass is 10.1. The number of anilines is 1. The first-order valence-corrected chi connectivity index (χ1v) is 8.56. The van der Waals surface area contributed by atoms with Crippen LogP contribution in [0.2, 0.25) is 0 Å². The van der Waals surface area contributed by atoms with E-state index >= 15 is 0 Å². The number of nitrogens with one attached hydrogen (secondary N) is 1. The zero-order valence-electron chi connectivity index (χ0n) is 14.7. The first kappa shape index (κ1) is 16.2. The average Bonchev–Trinajstić information content (AvgIpc) is 3.01. The van der Waals surface area contributed by atoms with Crippen LogP contribution < -0.4 is 10.1 Å². The number of hydrogen-bond donors (Lipinski definition) is 1. The topological polar surface area (TPSA) is 51.5 Å². The van der Waals surface area contributed by atoms with Crippen LogP contribution in [0.4, 0.5) is 5.69 Å². The van der Waals surface area contributed by atoms with Gasteiger partial charge in [0.15, 0.2) is 6.10 Å². The minimum absolute atomic E-state index is 0.205. The third-order valence-corrected chi connectivity index (χ3v) is 4.41. The van der Waals surface area contributed by atoms with Crippen molar-refractivity contribution in [1.82, 2.24) is 0 Å². The van der Waals surface area contributed by atoms with Crippen LogP contribution >= 0.6 is 0 Å². The Bertz CT molecular complexity index is 1100. The Morgan fingerprint density at radius 3 is 2.54 bits per heavy atom. The van der Waals surface area contributed by atoms with Gasteiger partial charge >= 0.3 is 0 Å². The van der Waals surface area contributed by atoms with E-state index in [4.69, 9.17) is 9.15 Å². The zero-order valence-corrected chi connectivity index (χ0v) is 14.7. The summed E-state index contributed by atoms with van der Waals surface area (Å²) in [6, 6.07) is 21.2. The summed E-state index contributed by atoms with van der Waals surface area (Å²) in [5.74, 6) is 0.506. The Kier molecular flexibility index (Phi) is 4.09. The van der Waals surface area contributed by atoms with Crippen LogP contribution in [0.1, 0.15) is 12.5 Å². The van der Waals surface area contributed by atoms with E-state index in [1.54, 1.807) is 6.92 Å². The van der Waals surface area contributed by atoms with Crippen LogP contribution in [-0.2, 0) is 4.79 Å². The smallest absolute Gasteiger partial charge is 0.265 e. The lowest BCUT2D eigenvalue weighted by Crippen LogP contribution is -2.30. The predicted molar refractivity (Wildman–Crippen MR) is 104 cm³/mol. The maximum Gasteiger partial charge on any atom is 0.265 e. The number of amides is 1. The first-order valence-electron chi connectivity index (χ1n) is 8.56. The van der Waals surface area contributed by atoms with Gasteiger partial charge in [-0.25, -0.2) is 0 Å². The molecular weight excluding hydrogens is 326 g/mol. The van der Waals surface area contributed by atoms with E-state index in [9.17, 15) is 4.79 Å². The summed E-state index contributed by atoms with van der Waals surface area (Å²) in [4.78, 5) is 12.5. The molecule has 1 atom stereocenters. The zero-order chi connectivity index (χ0) is 18.1. The standard InChI is InChI=1S/C22H19NO3/c1-14-7-3-5-9-19(14)25-15(2)22(24)23-16-11-12-18-17-8-4-6-10-20(17)26-21(18)13-16/h3-13,15H,1-2H3,(H,23,24)/t15-/m1/s1. The van der Waals surface area contributed by atoms with Crippen molar-refractivity contribution in [2.24, 2.45) is 0 Å². The van der Waals surface area contributed by atoms with Crippen LogP contribution in [0.15, 0.2) is 71.1 Å². The van der Waals surface area contributed by atoms with E-state index in [0.717, 1.165) is 27.5 Å². The van der Waals surface area contributed by atoms with Gasteiger partial charge in [0.1, 0.15) is 16.9 Å². The minimum atomic E-state index is -0.609. The Hall–Kier alpha value is -3.27. The molecule has 0 aliphatic heterocycles. The van der Waals surface area contributed by atoms with Gasteiger partial charge < -0.3 is 14.5 Å². The molecule has 0 radical (unpaired) electrons. The summed E-state index contributed by atoms with van der Waals surface area (Å²) >= 11 is 0. The largest absolute Gasteiger partial charge is 0.481 e. The van der Waals surface area contributed by atoms with Crippen molar-refractivity contribution in [3.8, 4) is 5.75 Å². The SMILES string of the molecule is Cc1ccccc1O[C@H](C)C(=O)Nc1ccc2c(c1)oc1ccccc12. The summed E-state index contributed by atoms with van der Waals surface area (Å²) < 4.78 is 11.6. The van der Waals surface area contributed by atoms with Crippen LogP contribution in [0.25, 0.3) is 21.9 Å². The molecule has 4 nitrogen and oxygen atoms in total. The summed E-state index contributed by atoms with van der Waals surface area (Å²) in [7, 11) is 0. The molecule has 4 aromatic rings. The van der Waals surface area contributed by atoms with Gasteiger partial charge in [-0.1, -0.05) is 36.4 Å². The lowest BCUT2D eigenvalue weighted by molar-refractivity contribution is -0.122. The highest BCUT2D eigenvalue weighted by Gasteiger charge is 2.16. The summed E-state index contributed by atoms with van der Waals surface area (Å²) in [5, 5.41) is 4.99. The fourth-order valence-corrected chi connectivity index (χ4v) is 2.98. The van der Waals surface area contributed by atoms with Gasteiger partial charge in [0.25, 0.3) is 5.91 Å². The summed E-state index contributed by atoms with van der Waals surface area (Å²) in [6.45, 7) is 3.69. The van der Waals surface area contributed by atoms with E-state index in [1.165, 1.54) is 0 Å². The second-order valence-electron chi connectivity index (χ2n) is 6.32. The number of benzene rings is 3. The molecule has 1 heterocycles. The fraction of sp³-hybridized carbons (Fsp3) is 0.136. The van der Waals surface area contributed by atoms with Crippen molar-refractivity contribution in [2.45, 2.75) is 20.0 Å². The number of furan rings is 1. The van der Waals surface area contributed by atoms with Crippen LogP contribution in [0.5, 0.6) is 5.75 Å². The Labute approximate surface area is 151 Å². The molecule has 0 unspecified atom stereocenters. The highest BCUT2D eigenvalue weighted by Crippen LogP contribution is 2.30. The van der Waals surface area contributed by atoms with Gasteiger partial charge in [-0.05, 0) is 43.7 Å². The molecule has 4 rings (SSSR count). The molecule has 0 aliphatic carbocycles. The highest BCUT2D eigenvalue weighted by molar-refractivity contribution is 6.06. The van der Waals surface area contributed by atoms with Crippen molar-refractivity contribution >= 4 is 33.5 Å². The normalized spacial score (nSPS) is 12.2. The molecule has 0 bridgehead atoms. The number of para-hydroxylation sites is 2. The molecule has 26 heavy (non-hydrogen) atoms. The number of rotatable bonds is 4. The number of aryl methyl sites for hydroxylation is 1. The van der Waals surface area contributed by atoms with Crippen molar-refractivity contribution in [3.63, 3.8) is 0 Å². The molecule has 4 heteroatoms. The molecule has 130 valence electrons. The van der Waals surface area contributed by atoms with Gasteiger partial charge in [-0.2, -0.15) is 0 Å². The molecule has 1 aromatic heterocycles. The molecule has 1 amide bonds. The number of ether oxygens (including phenoxy) is 1. The number of hydrogen-bond acceptors (Lipinski definition) is 3. The van der Waals surface area contributed by atoms with E-state index in [0.29, 0.717) is 11.4 Å². The van der Waals surface area contributed by atoms with Crippen molar-refractivity contribution in [2.75, 3.05) is 5.32 Å². The molecule has 0 spiro atoms. The first-order chi connectivity index (χ1) is 12.6. The molecule has 0 aliphatic rings. The number of carbonyl (C=O) groups is 1. The monoisotopic (exact) mass is 345 g/mol. The van der Waals surface area contributed by atoms with Gasteiger partial charge in [0.05, 0.1) is 0 Å². The molecule has 1 N–H and O–H groups in total. The van der Waals surface area contributed by atoms with Gasteiger partial charge in [-0.15, -0.1) is 0 Å². The van der Waals surface area contributed by atoms with Crippen molar-refractivity contribution in [1.29, 1.82) is 0 Å². The Morgan fingerprint density at radius 1 is 0.962 bits per heavy atom. The van der Waals surface area contributed by atoms with Crippen LogP contribution in [-0.4, -0.2) is 12.0 Å². The number of fused-ring (bicyclic) bond motifs is 3. The second kappa shape index (κ2) is 6.56. The van der Waals surface area contributed by atoms with Crippen molar-refractivity contribution < 1.29 is 13.9 Å². The fourth-order valence-electron chi connectivity index (χ4n) is 2.98. The third-order valence-electron chi connectivity index (χ3n) is 4.41. The number of carbonyl (C=O) groups excluding carboxylic acids is 1. The van der Waals surface area contributed by atoms with Gasteiger partial charge in [0, 0.05) is 22.5 Å². The Morgan fingerprint density at radius 2 is 1.69 bits per heavy atom. The van der Waals surface area contributed by atoms with Gasteiger partial charge in [-0.3, -0.25) is 4.79 Å².